The van der Waals surface area contributed by atoms with Gasteiger partial charge in [-0.05, 0) is 16.7 Å². The van der Waals surface area contributed by atoms with Crippen LogP contribution in [0.1, 0.15) is 16.7 Å². The van der Waals surface area contributed by atoms with Gasteiger partial charge in [0.2, 0.25) is 11.8 Å². The zero-order chi connectivity index (χ0) is 25.6. The van der Waals surface area contributed by atoms with E-state index in [0.717, 1.165) is 16.7 Å². The average Bonchev–Trinajstić information content (AvgIpc) is 2.91. The molecule has 0 saturated carbocycles. The monoisotopic (exact) mass is 487 g/mol. The number of rotatable bonds is 12. The Balaban J connectivity index is 1.72. The third kappa shape index (κ3) is 8.72. The first-order chi connectivity index (χ1) is 17.5. The van der Waals surface area contributed by atoms with Crippen molar-refractivity contribution in [1.29, 1.82) is 0 Å². The highest BCUT2D eigenvalue weighted by Gasteiger charge is 2.27. The van der Waals surface area contributed by atoms with Crippen LogP contribution in [-0.2, 0) is 38.6 Å². The largest absolute Gasteiger partial charge is 0.445 e. The summed E-state index contributed by atoms with van der Waals surface area (Å²) in [6, 6.07) is 25.7. The van der Waals surface area contributed by atoms with E-state index < -0.39 is 30.0 Å². The van der Waals surface area contributed by atoms with Crippen molar-refractivity contribution in [3.8, 4) is 0 Å². The van der Waals surface area contributed by atoms with Crippen LogP contribution in [0.5, 0.6) is 0 Å². The van der Waals surface area contributed by atoms with Gasteiger partial charge >= 0.3 is 6.09 Å². The zero-order valence-electron chi connectivity index (χ0n) is 19.8. The summed E-state index contributed by atoms with van der Waals surface area (Å²) in [7, 11) is 0. The van der Waals surface area contributed by atoms with Crippen molar-refractivity contribution in [3.05, 3.63) is 108 Å². The van der Waals surface area contributed by atoms with Crippen LogP contribution in [-0.4, -0.2) is 42.8 Å². The molecular formula is C28H29N3O5. The fraction of sp³-hybridized carbons (Fsp3) is 0.214. The molecule has 0 bridgehead atoms. The Kier molecular flexibility index (Phi) is 10.2. The molecule has 0 spiro atoms. The third-order valence-corrected chi connectivity index (χ3v) is 5.38. The quantitative estimate of drug-likeness (QED) is 0.340. The lowest BCUT2D eigenvalue weighted by atomic mass is 10.0. The number of aldehydes is 1. The first-order valence-corrected chi connectivity index (χ1v) is 11.6. The molecule has 36 heavy (non-hydrogen) atoms. The van der Waals surface area contributed by atoms with E-state index in [9.17, 15) is 19.2 Å². The molecule has 0 aliphatic rings. The summed E-state index contributed by atoms with van der Waals surface area (Å²) in [6.07, 6.45) is 0.233. The van der Waals surface area contributed by atoms with Gasteiger partial charge in [-0.1, -0.05) is 91.0 Å². The Morgan fingerprint density at radius 3 is 1.64 bits per heavy atom. The van der Waals surface area contributed by atoms with Gasteiger partial charge in [0.15, 0.2) is 0 Å². The van der Waals surface area contributed by atoms with E-state index >= 15 is 0 Å². The molecule has 3 N–H and O–H groups in total. The van der Waals surface area contributed by atoms with Gasteiger partial charge in [-0.15, -0.1) is 0 Å². The normalized spacial score (nSPS) is 12.0. The molecule has 186 valence electrons. The molecule has 8 heteroatoms. The topological polar surface area (TPSA) is 114 Å². The number of nitrogens with one attached hydrogen (secondary N) is 3. The standard InChI is InChI=1S/C28H29N3O5/c32-17-16-29-26(33)24(18-21-10-4-1-5-11-21)30-27(34)25(19-22-12-6-2-7-13-22)31-28(35)36-20-23-14-8-3-9-15-23/h1-15,17,24-25H,16,18-20H2,(H,29,33)(H,30,34)(H,31,35)/t24-,25+/m0/s1. The molecule has 0 fully saturated rings. The number of benzene rings is 3. The summed E-state index contributed by atoms with van der Waals surface area (Å²) in [4.78, 5) is 49.3. The van der Waals surface area contributed by atoms with Crippen LogP contribution in [0.15, 0.2) is 91.0 Å². The summed E-state index contributed by atoms with van der Waals surface area (Å²) in [6.45, 7) is -0.116. The third-order valence-electron chi connectivity index (χ3n) is 5.38. The molecule has 3 aromatic rings. The predicted molar refractivity (Wildman–Crippen MR) is 135 cm³/mol. The Morgan fingerprint density at radius 1 is 0.667 bits per heavy atom. The molecule has 3 amide bonds. The Hall–Kier alpha value is -4.46. The molecular weight excluding hydrogens is 458 g/mol. The van der Waals surface area contributed by atoms with Crippen molar-refractivity contribution < 1.29 is 23.9 Å². The molecule has 0 unspecified atom stereocenters. The minimum Gasteiger partial charge on any atom is -0.445 e. The zero-order valence-corrected chi connectivity index (χ0v) is 19.8. The molecule has 2 atom stereocenters. The van der Waals surface area contributed by atoms with Gasteiger partial charge < -0.3 is 25.5 Å². The lowest BCUT2D eigenvalue weighted by Gasteiger charge is -2.23. The molecule has 0 aromatic heterocycles. The number of hydrogen-bond donors (Lipinski definition) is 3. The smallest absolute Gasteiger partial charge is 0.408 e. The van der Waals surface area contributed by atoms with Crippen molar-refractivity contribution >= 4 is 24.2 Å². The lowest BCUT2D eigenvalue weighted by molar-refractivity contribution is -0.130. The van der Waals surface area contributed by atoms with Crippen LogP contribution in [0.3, 0.4) is 0 Å². The summed E-state index contributed by atoms with van der Waals surface area (Å²) in [5.74, 6) is -1.04. The highest BCUT2D eigenvalue weighted by molar-refractivity contribution is 5.92. The SMILES string of the molecule is O=CCNC(=O)[C@H](Cc1ccccc1)NC(=O)[C@@H](Cc1ccccc1)NC(=O)OCc1ccccc1. The molecule has 3 rings (SSSR count). The lowest BCUT2D eigenvalue weighted by Crippen LogP contribution is -2.55. The molecule has 0 radical (unpaired) electrons. The van der Waals surface area contributed by atoms with Crippen LogP contribution < -0.4 is 16.0 Å². The maximum atomic E-state index is 13.3. The maximum absolute atomic E-state index is 13.3. The van der Waals surface area contributed by atoms with E-state index in [4.69, 9.17) is 4.74 Å². The summed E-state index contributed by atoms with van der Waals surface area (Å²) < 4.78 is 5.30. The van der Waals surface area contributed by atoms with Crippen LogP contribution in [0, 0.1) is 0 Å². The molecule has 8 nitrogen and oxygen atoms in total. The molecule has 0 heterocycles. The van der Waals surface area contributed by atoms with Gasteiger partial charge in [-0.3, -0.25) is 9.59 Å². The number of amides is 3. The summed E-state index contributed by atoms with van der Waals surface area (Å²) in [5, 5.41) is 7.85. The van der Waals surface area contributed by atoms with E-state index in [0.29, 0.717) is 6.29 Å². The first-order valence-electron chi connectivity index (χ1n) is 11.6. The molecule has 0 aliphatic carbocycles. The minimum atomic E-state index is -0.993. The number of carbonyl (C=O) groups excluding carboxylic acids is 4. The number of ether oxygens (including phenoxy) is 1. The van der Waals surface area contributed by atoms with Gasteiger partial charge in [0.1, 0.15) is 25.0 Å². The van der Waals surface area contributed by atoms with Crippen LogP contribution in [0.2, 0.25) is 0 Å². The highest BCUT2D eigenvalue weighted by Crippen LogP contribution is 2.08. The van der Waals surface area contributed by atoms with Crippen LogP contribution >= 0.6 is 0 Å². The second kappa shape index (κ2) is 14.1. The van der Waals surface area contributed by atoms with Crippen LogP contribution in [0.25, 0.3) is 0 Å². The van der Waals surface area contributed by atoms with Gasteiger partial charge in [-0.2, -0.15) is 0 Å². The Labute approximate surface area is 210 Å². The fourth-order valence-corrected chi connectivity index (χ4v) is 3.56. The number of carbonyl (C=O) groups is 4. The van der Waals surface area contributed by atoms with Crippen molar-refractivity contribution in [2.75, 3.05) is 6.54 Å². The van der Waals surface area contributed by atoms with E-state index in [-0.39, 0.29) is 26.0 Å². The Bertz CT molecular complexity index is 1120. The molecule has 3 aromatic carbocycles. The maximum Gasteiger partial charge on any atom is 0.408 e. The van der Waals surface area contributed by atoms with Crippen LogP contribution in [0.4, 0.5) is 4.79 Å². The molecule has 0 aliphatic heterocycles. The summed E-state index contributed by atoms with van der Waals surface area (Å²) >= 11 is 0. The van der Waals surface area contributed by atoms with E-state index in [1.807, 2.05) is 91.0 Å². The van der Waals surface area contributed by atoms with Crippen molar-refractivity contribution in [2.24, 2.45) is 0 Å². The van der Waals surface area contributed by atoms with Gasteiger partial charge in [0.25, 0.3) is 0 Å². The first kappa shape index (κ1) is 26.2. The van der Waals surface area contributed by atoms with Crippen molar-refractivity contribution in [3.63, 3.8) is 0 Å². The van der Waals surface area contributed by atoms with E-state index in [1.54, 1.807) is 0 Å². The number of alkyl carbamates (subject to hydrolysis) is 1. The second-order valence-electron chi connectivity index (χ2n) is 8.11. The van der Waals surface area contributed by atoms with Gasteiger partial charge in [-0.25, -0.2) is 4.79 Å². The number of hydrogen-bond acceptors (Lipinski definition) is 5. The van der Waals surface area contributed by atoms with Crippen molar-refractivity contribution in [2.45, 2.75) is 31.5 Å². The Morgan fingerprint density at radius 2 is 1.14 bits per heavy atom. The highest BCUT2D eigenvalue weighted by atomic mass is 16.5. The molecule has 0 saturated heterocycles. The van der Waals surface area contributed by atoms with Crippen molar-refractivity contribution in [1.82, 2.24) is 16.0 Å². The average molecular weight is 488 g/mol. The second-order valence-corrected chi connectivity index (χ2v) is 8.11. The van der Waals surface area contributed by atoms with E-state index in [1.165, 1.54) is 0 Å². The minimum absolute atomic E-state index is 0.0527. The van der Waals surface area contributed by atoms with E-state index in [2.05, 4.69) is 16.0 Å². The van der Waals surface area contributed by atoms with Gasteiger partial charge in [0.05, 0.1) is 6.54 Å². The predicted octanol–water partition coefficient (Wildman–Crippen LogP) is 2.57. The summed E-state index contributed by atoms with van der Waals surface area (Å²) in [5.41, 5.74) is 2.47. The fourth-order valence-electron chi connectivity index (χ4n) is 3.56. The van der Waals surface area contributed by atoms with Gasteiger partial charge in [0, 0.05) is 12.8 Å².